The Morgan fingerprint density at radius 1 is 1.13 bits per heavy atom. The second-order valence-electron chi connectivity index (χ2n) is 9.51. The molecule has 0 bridgehead atoms. The topological polar surface area (TPSA) is 107 Å². The molecule has 1 amide bonds. The predicted octanol–water partition coefficient (Wildman–Crippen LogP) is 5.15. The Morgan fingerprint density at radius 2 is 1.92 bits per heavy atom. The van der Waals surface area contributed by atoms with Crippen molar-refractivity contribution < 1.29 is 28.9 Å². The van der Waals surface area contributed by atoms with Crippen LogP contribution >= 0.6 is 0 Å². The van der Waals surface area contributed by atoms with Crippen molar-refractivity contribution in [1.82, 2.24) is 10.3 Å². The van der Waals surface area contributed by atoms with Crippen LogP contribution in [-0.4, -0.2) is 41.2 Å². The molecule has 8 nitrogen and oxygen atoms in total. The van der Waals surface area contributed by atoms with Crippen molar-refractivity contribution in [3.8, 4) is 22.8 Å². The molecule has 1 saturated heterocycles. The van der Waals surface area contributed by atoms with Gasteiger partial charge in [0.2, 0.25) is 11.8 Å². The molecule has 1 fully saturated rings. The molecule has 8 heteroatoms. The summed E-state index contributed by atoms with van der Waals surface area (Å²) in [5.74, 6) is 0.421. The number of benzene rings is 2. The number of hydrogen-bond acceptors (Lipinski definition) is 6. The number of ether oxygens (including phenoxy) is 3. The number of nitrogens with zero attached hydrogens (tertiary/aromatic N) is 1. The molecule has 2 N–H and O–H groups in total. The van der Waals surface area contributed by atoms with Crippen LogP contribution in [0.5, 0.6) is 11.6 Å². The molecule has 1 aliphatic rings. The Bertz CT molecular complexity index is 1250. The molecule has 4 rings (SSSR count). The van der Waals surface area contributed by atoms with E-state index in [4.69, 9.17) is 19.3 Å². The number of aliphatic carboxylic acids is 1. The lowest BCUT2D eigenvalue weighted by Gasteiger charge is -2.17. The molecule has 2 heterocycles. The van der Waals surface area contributed by atoms with Gasteiger partial charge in [-0.3, -0.25) is 9.59 Å². The minimum atomic E-state index is -0.921. The number of carbonyl (C=O) groups is 2. The van der Waals surface area contributed by atoms with Crippen LogP contribution in [0.2, 0.25) is 0 Å². The Morgan fingerprint density at radius 3 is 2.55 bits per heavy atom. The number of carboxylic acid groups (broad SMARTS) is 1. The molecule has 0 unspecified atom stereocenters. The summed E-state index contributed by atoms with van der Waals surface area (Å²) in [6, 6.07) is 15.9. The van der Waals surface area contributed by atoms with E-state index < -0.39 is 12.1 Å². The van der Waals surface area contributed by atoms with E-state index >= 15 is 0 Å². The average Bonchev–Trinajstić information content (AvgIpc) is 3.31. The number of carbonyl (C=O) groups excluding carboxylic acids is 1. The van der Waals surface area contributed by atoms with Gasteiger partial charge in [0.1, 0.15) is 19.0 Å². The van der Waals surface area contributed by atoms with Gasteiger partial charge in [0.15, 0.2) is 0 Å². The SMILES string of the molecule is CCO[C@@H](CC(=O)O)c1ccc(OCc2cccc(-c3c(C)cc(OC[C@H]4CCC(=O)N4)cc3C)c2)nc1. The van der Waals surface area contributed by atoms with E-state index in [1.54, 1.807) is 18.3 Å². The Hall–Kier alpha value is -3.91. The summed E-state index contributed by atoms with van der Waals surface area (Å²) in [4.78, 5) is 26.9. The Kier molecular flexibility index (Phi) is 8.97. The monoisotopic (exact) mass is 518 g/mol. The maximum absolute atomic E-state index is 11.4. The number of hydrogen-bond donors (Lipinski definition) is 2. The first-order valence-electron chi connectivity index (χ1n) is 12.9. The summed E-state index contributed by atoms with van der Waals surface area (Å²) in [5, 5.41) is 12.1. The van der Waals surface area contributed by atoms with Gasteiger partial charge >= 0.3 is 5.97 Å². The van der Waals surface area contributed by atoms with Gasteiger partial charge in [0.05, 0.1) is 18.6 Å². The molecule has 38 heavy (non-hydrogen) atoms. The zero-order chi connectivity index (χ0) is 27.1. The molecule has 1 aliphatic heterocycles. The highest BCUT2D eigenvalue weighted by atomic mass is 16.5. The van der Waals surface area contributed by atoms with E-state index in [1.165, 1.54) is 0 Å². The van der Waals surface area contributed by atoms with Gasteiger partial charge in [-0.1, -0.05) is 18.2 Å². The lowest BCUT2D eigenvalue weighted by atomic mass is 9.94. The lowest BCUT2D eigenvalue weighted by Crippen LogP contribution is -2.30. The van der Waals surface area contributed by atoms with Crippen LogP contribution < -0.4 is 14.8 Å². The first-order valence-corrected chi connectivity index (χ1v) is 12.9. The van der Waals surface area contributed by atoms with E-state index in [0.717, 1.165) is 40.0 Å². The van der Waals surface area contributed by atoms with Crippen LogP contribution in [0, 0.1) is 13.8 Å². The molecular formula is C30H34N2O6. The summed E-state index contributed by atoms with van der Waals surface area (Å²) in [6.07, 6.45) is 2.32. The zero-order valence-corrected chi connectivity index (χ0v) is 22.0. The number of aryl methyl sites for hydroxylation is 2. The van der Waals surface area contributed by atoms with Crippen molar-refractivity contribution in [2.75, 3.05) is 13.2 Å². The molecule has 200 valence electrons. The second kappa shape index (κ2) is 12.6. The normalized spacial score (nSPS) is 15.7. The third-order valence-corrected chi connectivity index (χ3v) is 6.50. The van der Waals surface area contributed by atoms with Crippen LogP contribution in [0.25, 0.3) is 11.1 Å². The summed E-state index contributed by atoms with van der Waals surface area (Å²) in [7, 11) is 0. The van der Waals surface area contributed by atoms with Gasteiger partial charge in [-0.2, -0.15) is 0 Å². The van der Waals surface area contributed by atoms with Crippen molar-refractivity contribution >= 4 is 11.9 Å². The number of aromatic nitrogens is 1. The standard InChI is InChI=1S/C30H34N2O6/c1-4-36-26(15-29(34)35)23-8-11-28(31-16-23)38-17-21-6-5-7-22(14-21)30-19(2)12-25(13-20(30)3)37-18-24-9-10-27(33)32-24/h5-8,11-14,16,24,26H,4,9-10,15,17-18H2,1-3H3,(H,32,33)(H,34,35)/t24-,26+/m1/s1. The number of rotatable bonds is 12. The minimum absolute atomic E-state index is 0.0704. The van der Waals surface area contributed by atoms with E-state index in [0.29, 0.717) is 37.7 Å². The maximum Gasteiger partial charge on any atom is 0.306 e. The van der Waals surface area contributed by atoms with E-state index in [9.17, 15) is 9.59 Å². The molecule has 0 radical (unpaired) electrons. The molecular weight excluding hydrogens is 484 g/mol. The minimum Gasteiger partial charge on any atom is -0.491 e. The fourth-order valence-corrected chi connectivity index (χ4v) is 4.74. The fourth-order valence-electron chi connectivity index (χ4n) is 4.74. The first kappa shape index (κ1) is 27.1. The van der Waals surface area contributed by atoms with Crippen LogP contribution in [0.15, 0.2) is 54.7 Å². The van der Waals surface area contributed by atoms with Crippen molar-refractivity contribution in [3.63, 3.8) is 0 Å². The van der Waals surface area contributed by atoms with Crippen molar-refractivity contribution in [3.05, 3.63) is 77.0 Å². The van der Waals surface area contributed by atoms with Crippen LogP contribution in [0.3, 0.4) is 0 Å². The molecule has 2 aromatic carbocycles. The highest BCUT2D eigenvalue weighted by Crippen LogP contribution is 2.32. The van der Waals surface area contributed by atoms with Crippen molar-refractivity contribution in [1.29, 1.82) is 0 Å². The average molecular weight is 519 g/mol. The smallest absolute Gasteiger partial charge is 0.306 e. The van der Waals surface area contributed by atoms with E-state index in [-0.39, 0.29) is 18.4 Å². The molecule has 3 aromatic rings. The van der Waals surface area contributed by atoms with E-state index in [2.05, 4.69) is 36.3 Å². The number of pyridine rings is 1. The van der Waals surface area contributed by atoms with Gasteiger partial charge < -0.3 is 24.6 Å². The zero-order valence-electron chi connectivity index (χ0n) is 22.0. The van der Waals surface area contributed by atoms with Gasteiger partial charge in [-0.15, -0.1) is 0 Å². The number of nitrogens with one attached hydrogen (secondary N) is 1. The van der Waals surface area contributed by atoms with Crippen molar-refractivity contribution in [2.45, 2.75) is 58.8 Å². The predicted molar refractivity (Wildman–Crippen MR) is 143 cm³/mol. The second-order valence-corrected chi connectivity index (χ2v) is 9.51. The van der Waals surface area contributed by atoms with Gasteiger partial charge in [-0.05, 0) is 84.8 Å². The third-order valence-electron chi connectivity index (χ3n) is 6.50. The fraction of sp³-hybridized carbons (Fsp3) is 0.367. The maximum atomic E-state index is 11.4. The lowest BCUT2D eigenvalue weighted by molar-refractivity contribution is -0.140. The molecule has 0 aliphatic carbocycles. The van der Waals surface area contributed by atoms with E-state index in [1.807, 2.05) is 31.2 Å². The summed E-state index contributed by atoms with van der Waals surface area (Å²) in [6.45, 7) is 7.20. The van der Waals surface area contributed by atoms with Gasteiger partial charge in [0.25, 0.3) is 0 Å². The number of carboxylic acids is 1. The third kappa shape index (κ3) is 7.10. The van der Waals surface area contributed by atoms with Crippen LogP contribution in [0.4, 0.5) is 0 Å². The summed E-state index contributed by atoms with van der Waals surface area (Å²) in [5.41, 5.74) is 6.16. The molecule has 0 saturated carbocycles. The molecule has 2 atom stereocenters. The van der Waals surface area contributed by atoms with Crippen molar-refractivity contribution in [2.24, 2.45) is 0 Å². The first-order chi connectivity index (χ1) is 18.3. The van der Waals surface area contributed by atoms with Crippen LogP contribution in [-0.2, 0) is 20.9 Å². The highest BCUT2D eigenvalue weighted by molar-refractivity contribution is 5.78. The molecule has 0 spiro atoms. The van der Waals surface area contributed by atoms with Crippen LogP contribution in [0.1, 0.15) is 54.5 Å². The van der Waals surface area contributed by atoms with Gasteiger partial charge in [0, 0.05) is 25.3 Å². The highest BCUT2D eigenvalue weighted by Gasteiger charge is 2.21. The quantitative estimate of drug-likeness (QED) is 0.341. The number of amides is 1. The summed E-state index contributed by atoms with van der Waals surface area (Å²) < 4.78 is 17.4. The largest absolute Gasteiger partial charge is 0.491 e. The summed E-state index contributed by atoms with van der Waals surface area (Å²) >= 11 is 0. The Balaban J connectivity index is 1.40. The molecule has 1 aromatic heterocycles. The Labute approximate surface area is 223 Å². The van der Waals surface area contributed by atoms with Gasteiger partial charge in [-0.25, -0.2) is 4.98 Å².